The molecule has 0 unspecified atom stereocenters. The fourth-order valence-electron chi connectivity index (χ4n) is 2.98. The molecular formula is C22H26ClN3O4. The van der Waals surface area contributed by atoms with E-state index in [9.17, 15) is 19.7 Å². The molecule has 2 atom stereocenters. The third-order valence-corrected chi connectivity index (χ3v) is 5.18. The highest BCUT2D eigenvalue weighted by molar-refractivity contribution is 6.30. The SMILES string of the molecule is CC[C@H](C)NC(=O)[C@H](C)N(Cc1cccc(Cl)c1)C(=O)Cc1ccccc1[N+](=O)[O-]. The standard InChI is InChI=1S/C22H26ClN3O4/c1-4-15(2)24-22(28)16(3)25(14-17-8-7-10-19(23)12-17)21(27)13-18-9-5-6-11-20(18)26(29)30/h5-12,15-16H,4,13-14H2,1-3H3,(H,24,28)/t15-,16-/m0/s1. The number of nitrogens with one attached hydrogen (secondary N) is 1. The molecule has 2 aromatic carbocycles. The largest absolute Gasteiger partial charge is 0.352 e. The minimum absolute atomic E-state index is 0.0294. The van der Waals surface area contributed by atoms with Crippen LogP contribution in [-0.4, -0.2) is 33.7 Å². The molecule has 2 amide bonds. The number of nitro benzene ring substituents is 1. The van der Waals surface area contributed by atoms with E-state index in [2.05, 4.69) is 5.32 Å². The van der Waals surface area contributed by atoms with Crippen LogP contribution in [0.3, 0.4) is 0 Å². The van der Waals surface area contributed by atoms with Gasteiger partial charge in [-0.25, -0.2) is 0 Å². The number of nitro groups is 1. The summed E-state index contributed by atoms with van der Waals surface area (Å²) in [5.74, 6) is -0.654. The summed E-state index contributed by atoms with van der Waals surface area (Å²) in [6.45, 7) is 5.66. The van der Waals surface area contributed by atoms with Gasteiger partial charge in [0.15, 0.2) is 0 Å². The van der Waals surface area contributed by atoms with Crippen LogP contribution in [0.5, 0.6) is 0 Å². The van der Waals surface area contributed by atoms with Crippen LogP contribution in [0.4, 0.5) is 5.69 Å². The van der Waals surface area contributed by atoms with Crippen molar-refractivity contribution in [1.82, 2.24) is 10.2 Å². The summed E-state index contributed by atoms with van der Waals surface area (Å²) in [5, 5.41) is 14.7. The van der Waals surface area contributed by atoms with Crippen LogP contribution in [0.15, 0.2) is 48.5 Å². The fourth-order valence-corrected chi connectivity index (χ4v) is 3.20. The lowest BCUT2D eigenvalue weighted by atomic mass is 10.1. The smallest absolute Gasteiger partial charge is 0.273 e. The number of carbonyl (C=O) groups is 2. The molecule has 1 N–H and O–H groups in total. The molecule has 0 aromatic heterocycles. The summed E-state index contributed by atoms with van der Waals surface area (Å²) in [7, 11) is 0. The Hall–Kier alpha value is -2.93. The van der Waals surface area contributed by atoms with Crippen molar-refractivity contribution in [3.05, 3.63) is 74.8 Å². The highest BCUT2D eigenvalue weighted by Gasteiger charge is 2.28. The van der Waals surface area contributed by atoms with Crippen molar-refractivity contribution in [3.8, 4) is 0 Å². The van der Waals surface area contributed by atoms with Crippen molar-refractivity contribution in [2.24, 2.45) is 0 Å². The number of nitrogens with zero attached hydrogens (tertiary/aromatic N) is 2. The number of carbonyl (C=O) groups excluding carboxylic acids is 2. The zero-order valence-electron chi connectivity index (χ0n) is 17.3. The van der Waals surface area contributed by atoms with Crippen LogP contribution in [-0.2, 0) is 22.6 Å². The minimum atomic E-state index is -0.756. The van der Waals surface area contributed by atoms with E-state index in [0.29, 0.717) is 10.6 Å². The van der Waals surface area contributed by atoms with Crippen LogP contribution < -0.4 is 5.32 Å². The first kappa shape index (κ1) is 23.3. The number of benzene rings is 2. The van der Waals surface area contributed by atoms with Crippen LogP contribution in [0.1, 0.15) is 38.3 Å². The summed E-state index contributed by atoms with van der Waals surface area (Å²) in [4.78, 5) is 38.1. The van der Waals surface area contributed by atoms with Gasteiger partial charge in [0.2, 0.25) is 11.8 Å². The first-order valence-corrected chi connectivity index (χ1v) is 10.2. The third-order valence-electron chi connectivity index (χ3n) is 4.94. The van der Waals surface area contributed by atoms with Gasteiger partial charge >= 0.3 is 0 Å². The molecule has 0 saturated heterocycles. The van der Waals surface area contributed by atoms with Gasteiger partial charge in [-0.15, -0.1) is 0 Å². The summed E-state index contributed by atoms with van der Waals surface area (Å²) in [6.07, 6.45) is 0.579. The molecule has 0 fully saturated rings. The Morgan fingerprint density at radius 2 is 1.87 bits per heavy atom. The third kappa shape index (κ3) is 6.29. The Labute approximate surface area is 181 Å². The van der Waals surface area contributed by atoms with Crippen molar-refractivity contribution >= 4 is 29.1 Å². The number of amides is 2. The fraction of sp³-hybridized carbons (Fsp3) is 0.364. The van der Waals surface area contributed by atoms with Gasteiger partial charge in [0.1, 0.15) is 6.04 Å². The molecule has 0 bridgehead atoms. The first-order chi connectivity index (χ1) is 14.2. The normalized spacial score (nSPS) is 12.7. The number of rotatable bonds is 9. The number of hydrogen-bond acceptors (Lipinski definition) is 4. The van der Waals surface area contributed by atoms with Crippen molar-refractivity contribution in [2.75, 3.05) is 0 Å². The minimum Gasteiger partial charge on any atom is -0.352 e. The van der Waals surface area contributed by atoms with E-state index in [1.54, 1.807) is 43.3 Å². The molecule has 0 aliphatic heterocycles. The van der Waals surface area contributed by atoms with Crippen molar-refractivity contribution < 1.29 is 14.5 Å². The van der Waals surface area contributed by atoms with E-state index >= 15 is 0 Å². The molecule has 0 aliphatic carbocycles. The molecule has 160 valence electrons. The van der Waals surface area contributed by atoms with Gasteiger partial charge in [-0.2, -0.15) is 0 Å². The van der Waals surface area contributed by atoms with E-state index in [1.165, 1.54) is 11.0 Å². The van der Waals surface area contributed by atoms with Crippen LogP contribution in [0, 0.1) is 10.1 Å². The van der Waals surface area contributed by atoms with Gasteiger partial charge in [-0.3, -0.25) is 19.7 Å². The Kier molecular flexibility index (Phi) is 8.35. The zero-order chi connectivity index (χ0) is 22.3. The van der Waals surface area contributed by atoms with Gasteiger partial charge in [0.05, 0.1) is 11.3 Å². The van der Waals surface area contributed by atoms with Crippen LogP contribution in [0.2, 0.25) is 5.02 Å². The molecule has 8 heteroatoms. The number of para-hydroxylation sites is 1. The topological polar surface area (TPSA) is 92.6 Å². The average molecular weight is 432 g/mol. The molecular weight excluding hydrogens is 406 g/mol. The van der Waals surface area contributed by atoms with Gasteiger partial charge < -0.3 is 10.2 Å². The summed E-state index contributed by atoms with van der Waals surface area (Å²) < 4.78 is 0. The molecule has 30 heavy (non-hydrogen) atoms. The van der Waals surface area contributed by atoms with Crippen molar-refractivity contribution in [1.29, 1.82) is 0 Å². The molecule has 0 saturated carbocycles. The second-order valence-electron chi connectivity index (χ2n) is 7.21. The highest BCUT2D eigenvalue weighted by atomic mass is 35.5. The Bertz CT molecular complexity index is 919. The number of halogens is 1. The number of hydrogen-bond donors (Lipinski definition) is 1. The zero-order valence-corrected chi connectivity index (χ0v) is 18.1. The molecule has 7 nitrogen and oxygen atoms in total. The predicted octanol–water partition coefficient (Wildman–Crippen LogP) is 4.12. The van der Waals surface area contributed by atoms with E-state index < -0.39 is 11.0 Å². The molecule has 0 aliphatic rings. The van der Waals surface area contributed by atoms with E-state index in [-0.39, 0.29) is 36.5 Å². The molecule has 2 aromatic rings. The van der Waals surface area contributed by atoms with Gasteiger partial charge in [-0.05, 0) is 38.0 Å². The van der Waals surface area contributed by atoms with E-state index in [1.807, 2.05) is 19.9 Å². The Balaban J connectivity index is 2.31. The maximum atomic E-state index is 13.2. The lowest BCUT2D eigenvalue weighted by Crippen LogP contribution is -2.49. The second-order valence-corrected chi connectivity index (χ2v) is 7.64. The first-order valence-electron chi connectivity index (χ1n) is 9.79. The van der Waals surface area contributed by atoms with Crippen molar-refractivity contribution in [2.45, 2.75) is 52.2 Å². The monoisotopic (exact) mass is 431 g/mol. The Morgan fingerprint density at radius 3 is 2.50 bits per heavy atom. The quantitative estimate of drug-likeness (QED) is 0.477. The van der Waals surface area contributed by atoms with Gasteiger partial charge in [0.25, 0.3) is 5.69 Å². The highest BCUT2D eigenvalue weighted by Crippen LogP contribution is 2.21. The van der Waals surface area contributed by atoms with E-state index in [0.717, 1.165) is 12.0 Å². The van der Waals surface area contributed by atoms with Gasteiger partial charge in [0, 0.05) is 29.2 Å². The van der Waals surface area contributed by atoms with Gasteiger partial charge in [-0.1, -0.05) is 48.9 Å². The van der Waals surface area contributed by atoms with Crippen LogP contribution >= 0.6 is 11.6 Å². The molecule has 0 spiro atoms. The molecule has 0 radical (unpaired) electrons. The maximum absolute atomic E-state index is 13.2. The van der Waals surface area contributed by atoms with E-state index in [4.69, 9.17) is 11.6 Å². The lowest BCUT2D eigenvalue weighted by molar-refractivity contribution is -0.385. The summed E-state index contributed by atoms with van der Waals surface area (Å²) >= 11 is 6.07. The molecule has 2 rings (SSSR count). The van der Waals surface area contributed by atoms with Crippen molar-refractivity contribution in [3.63, 3.8) is 0 Å². The maximum Gasteiger partial charge on any atom is 0.273 e. The van der Waals surface area contributed by atoms with Crippen LogP contribution in [0.25, 0.3) is 0 Å². The summed E-state index contributed by atoms with van der Waals surface area (Å²) in [6, 6.07) is 12.4. The second kappa shape index (κ2) is 10.7. The molecule has 0 heterocycles. The Morgan fingerprint density at radius 1 is 1.17 bits per heavy atom. The lowest BCUT2D eigenvalue weighted by Gasteiger charge is -2.29. The average Bonchev–Trinajstić information content (AvgIpc) is 2.71. The summed E-state index contributed by atoms with van der Waals surface area (Å²) in [5.41, 5.74) is 0.949. The predicted molar refractivity (Wildman–Crippen MR) is 116 cm³/mol.